The summed E-state index contributed by atoms with van der Waals surface area (Å²) in [6.45, 7) is 4.05. The molecule has 1 spiro atoms. The lowest BCUT2D eigenvalue weighted by atomic mass is 9.77. The van der Waals surface area contributed by atoms with Gasteiger partial charge in [0.15, 0.2) is 0 Å². The van der Waals surface area contributed by atoms with E-state index in [1.54, 1.807) is 6.08 Å². The average Bonchev–Trinajstić information content (AvgIpc) is 3.00. The van der Waals surface area contributed by atoms with Crippen molar-refractivity contribution in [2.75, 3.05) is 5.32 Å². The Balaban J connectivity index is 0.00000100. The molecule has 1 aliphatic carbocycles. The van der Waals surface area contributed by atoms with Crippen LogP contribution >= 0.6 is 0 Å². The van der Waals surface area contributed by atoms with Gasteiger partial charge in [-0.15, -0.1) is 12.8 Å². The van der Waals surface area contributed by atoms with E-state index in [0.717, 1.165) is 28.0 Å². The Morgan fingerprint density at radius 1 is 1.33 bits per heavy atom. The fraction of sp³-hybridized carbons (Fsp3) is 0.300. The summed E-state index contributed by atoms with van der Waals surface area (Å²) in [5.41, 5.74) is 4.82. The van der Waals surface area contributed by atoms with Gasteiger partial charge in [0.1, 0.15) is 0 Å². The lowest BCUT2D eigenvalue weighted by molar-refractivity contribution is -0.136. The highest BCUT2D eigenvalue weighted by Gasteiger charge is 2.50. The first-order chi connectivity index (χ1) is 11.4. The Bertz CT molecular complexity index is 770. The normalized spacial score (nSPS) is 21.6. The van der Waals surface area contributed by atoms with E-state index in [4.69, 9.17) is 5.11 Å². The van der Waals surface area contributed by atoms with E-state index in [0.29, 0.717) is 12.8 Å². The Kier molecular flexibility index (Phi) is 4.94. The molecule has 1 heterocycles. The van der Waals surface area contributed by atoms with Crippen molar-refractivity contribution in [3.05, 3.63) is 52.6 Å². The summed E-state index contributed by atoms with van der Waals surface area (Å²) in [5, 5.41) is 11.7. The Hall–Kier alpha value is -2.80. The van der Waals surface area contributed by atoms with E-state index in [-0.39, 0.29) is 12.3 Å². The lowest BCUT2D eigenvalue weighted by Crippen LogP contribution is -2.32. The standard InChI is InChI=1S/C18H19NO3.C2H2/c1-11-6-7-15-14(8-11)18(17(22)19-15)9-12(2)13(10-18)4-3-5-16(20)21;1-2/h3-4,6-8H,5,9-10H2,1-2H3,(H,19,22)(H,20,21);1-2H/b4-3-;. The van der Waals surface area contributed by atoms with Crippen molar-refractivity contribution in [1.82, 2.24) is 0 Å². The number of rotatable bonds is 3. The van der Waals surface area contributed by atoms with Crippen LogP contribution in [-0.2, 0) is 15.0 Å². The number of carbonyl (C=O) groups is 2. The van der Waals surface area contributed by atoms with Crippen LogP contribution in [0.1, 0.15) is 37.3 Å². The molecule has 1 atom stereocenters. The second kappa shape index (κ2) is 6.76. The monoisotopic (exact) mass is 323 g/mol. The van der Waals surface area contributed by atoms with Crippen molar-refractivity contribution >= 4 is 17.6 Å². The lowest BCUT2D eigenvalue weighted by Gasteiger charge is -2.22. The van der Waals surface area contributed by atoms with Gasteiger partial charge in [-0.3, -0.25) is 9.59 Å². The van der Waals surface area contributed by atoms with Gasteiger partial charge in [0.2, 0.25) is 5.91 Å². The molecular weight excluding hydrogens is 302 g/mol. The topological polar surface area (TPSA) is 66.4 Å². The highest BCUT2D eigenvalue weighted by Crippen LogP contribution is 2.51. The van der Waals surface area contributed by atoms with Gasteiger partial charge in [0, 0.05) is 5.69 Å². The molecule has 1 aromatic carbocycles. The molecule has 3 rings (SSSR count). The van der Waals surface area contributed by atoms with Crippen molar-refractivity contribution < 1.29 is 14.7 Å². The van der Waals surface area contributed by atoms with Gasteiger partial charge < -0.3 is 10.4 Å². The third-order valence-corrected chi connectivity index (χ3v) is 4.59. The number of aryl methyl sites for hydroxylation is 1. The Morgan fingerprint density at radius 3 is 2.71 bits per heavy atom. The number of terminal acetylenes is 1. The van der Waals surface area contributed by atoms with Gasteiger partial charge in [0.25, 0.3) is 0 Å². The van der Waals surface area contributed by atoms with E-state index in [9.17, 15) is 9.59 Å². The molecule has 4 nitrogen and oxygen atoms in total. The molecule has 124 valence electrons. The summed E-state index contributed by atoms with van der Waals surface area (Å²) in [6, 6.07) is 6.05. The highest BCUT2D eigenvalue weighted by atomic mass is 16.4. The SMILES string of the molecule is C#C.CC1=C(/C=C\CC(=O)O)CC2(C1)C(=O)Nc1ccc(C)cc12. The molecule has 0 aromatic heterocycles. The molecule has 2 N–H and O–H groups in total. The summed E-state index contributed by atoms with van der Waals surface area (Å²) in [5.74, 6) is -0.795. The number of amides is 1. The van der Waals surface area contributed by atoms with Crippen molar-refractivity contribution in [1.29, 1.82) is 0 Å². The summed E-state index contributed by atoms with van der Waals surface area (Å²) in [4.78, 5) is 23.2. The van der Waals surface area contributed by atoms with Gasteiger partial charge >= 0.3 is 5.97 Å². The smallest absolute Gasteiger partial charge is 0.307 e. The van der Waals surface area contributed by atoms with Gasteiger partial charge in [-0.2, -0.15) is 0 Å². The number of hydrogen-bond acceptors (Lipinski definition) is 2. The number of hydrogen-bond donors (Lipinski definition) is 2. The molecule has 2 aliphatic rings. The van der Waals surface area contributed by atoms with Crippen LogP contribution in [0.15, 0.2) is 41.5 Å². The third kappa shape index (κ3) is 2.98. The Morgan fingerprint density at radius 2 is 2.04 bits per heavy atom. The molecular formula is C20H21NO3. The number of carbonyl (C=O) groups excluding carboxylic acids is 1. The minimum absolute atomic E-state index is 0.00563. The van der Waals surface area contributed by atoms with Crippen LogP contribution in [0, 0.1) is 19.8 Å². The van der Waals surface area contributed by atoms with Crippen LogP contribution < -0.4 is 5.32 Å². The van der Waals surface area contributed by atoms with Gasteiger partial charge in [0.05, 0.1) is 11.8 Å². The maximum absolute atomic E-state index is 12.6. The quantitative estimate of drug-likeness (QED) is 0.836. The van der Waals surface area contributed by atoms with Crippen LogP contribution in [0.3, 0.4) is 0 Å². The molecule has 1 aromatic rings. The first-order valence-electron chi connectivity index (χ1n) is 7.75. The Labute approximate surface area is 142 Å². The fourth-order valence-electron chi connectivity index (χ4n) is 3.49. The van der Waals surface area contributed by atoms with Crippen LogP contribution in [0.5, 0.6) is 0 Å². The van der Waals surface area contributed by atoms with Crippen LogP contribution in [0.4, 0.5) is 5.69 Å². The van der Waals surface area contributed by atoms with E-state index in [1.165, 1.54) is 0 Å². The number of nitrogens with one attached hydrogen (secondary N) is 1. The van der Waals surface area contributed by atoms with Crippen LogP contribution in [-0.4, -0.2) is 17.0 Å². The zero-order valence-electron chi connectivity index (χ0n) is 13.9. The molecule has 0 fully saturated rings. The molecule has 0 saturated carbocycles. The predicted octanol–water partition coefficient (Wildman–Crippen LogP) is 3.58. The average molecular weight is 323 g/mol. The van der Waals surface area contributed by atoms with Crippen LogP contribution in [0.25, 0.3) is 0 Å². The molecule has 1 unspecified atom stereocenters. The molecule has 0 radical (unpaired) electrons. The van der Waals surface area contributed by atoms with E-state index < -0.39 is 11.4 Å². The first-order valence-corrected chi connectivity index (χ1v) is 7.75. The van der Waals surface area contributed by atoms with Gasteiger partial charge in [-0.25, -0.2) is 0 Å². The minimum atomic E-state index is -0.846. The van der Waals surface area contributed by atoms with E-state index in [1.807, 2.05) is 32.1 Å². The summed E-state index contributed by atoms with van der Waals surface area (Å²) in [6.07, 6.45) is 12.9. The summed E-state index contributed by atoms with van der Waals surface area (Å²) in [7, 11) is 0. The summed E-state index contributed by atoms with van der Waals surface area (Å²) >= 11 is 0. The molecule has 24 heavy (non-hydrogen) atoms. The number of anilines is 1. The third-order valence-electron chi connectivity index (χ3n) is 4.59. The second-order valence-electron chi connectivity index (χ2n) is 6.24. The van der Waals surface area contributed by atoms with Crippen molar-refractivity contribution in [3.8, 4) is 12.8 Å². The largest absolute Gasteiger partial charge is 0.481 e. The molecule has 1 amide bonds. The summed E-state index contributed by atoms with van der Waals surface area (Å²) < 4.78 is 0. The van der Waals surface area contributed by atoms with Crippen molar-refractivity contribution in [3.63, 3.8) is 0 Å². The predicted molar refractivity (Wildman–Crippen MR) is 94.7 cm³/mol. The maximum Gasteiger partial charge on any atom is 0.307 e. The molecule has 1 aliphatic heterocycles. The number of carboxylic acid groups (broad SMARTS) is 1. The molecule has 0 bridgehead atoms. The van der Waals surface area contributed by atoms with Gasteiger partial charge in [-0.1, -0.05) is 35.4 Å². The van der Waals surface area contributed by atoms with Crippen molar-refractivity contribution in [2.24, 2.45) is 0 Å². The maximum atomic E-state index is 12.6. The minimum Gasteiger partial charge on any atom is -0.481 e. The van der Waals surface area contributed by atoms with Gasteiger partial charge in [-0.05, 0) is 43.9 Å². The van der Waals surface area contributed by atoms with Crippen LogP contribution in [0.2, 0.25) is 0 Å². The number of fused-ring (bicyclic) bond motifs is 2. The number of aliphatic carboxylic acids is 1. The van der Waals surface area contributed by atoms with E-state index >= 15 is 0 Å². The van der Waals surface area contributed by atoms with E-state index in [2.05, 4.69) is 24.2 Å². The number of benzene rings is 1. The van der Waals surface area contributed by atoms with Crippen molar-refractivity contribution in [2.45, 2.75) is 38.5 Å². The number of allylic oxidation sites excluding steroid dienone is 3. The zero-order valence-corrected chi connectivity index (χ0v) is 13.9. The molecule has 0 saturated heterocycles. The highest BCUT2D eigenvalue weighted by molar-refractivity contribution is 6.07. The fourth-order valence-corrected chi connectivity index (χ4v) is 3.49. The number of carboxylic acids is 1. The zero-order chi connectivity index (χ0) is 17.9. The first kappa shape index (κ1) is 17.6. The molecule has 4 heteroatoms. The second-order valence-corrected chi connectivity index (χ2v) is 6.24.